The number of anilines is 1. The number of aromatic nitrogens is 2. The molecule has 1 aliphatic heterocycles. The van der Waals surface area contributed by atoms with E-state index in [-0.39, 0.29) is 5.84 Å². The minimum Gasteiger partial charge on any atom is -0.384 e. The van der Waals surface area contributed by atoms with Gasteiger partial charge in [-0.25, -0.2) is 0 Å². The molecule has 3 N–H and O–H groups in total. The SMILES string of the molecule is CCCC1CCN(c2c(C(=N)N)c(C)nn2C)CC1. The van der Waals surface area contributed by atoms with Gasteiger partial charge in [-0.15, -0.1) is 0 Å². The number of hydrogen-bond acceptors (Lipinski definition) is 3. The number of piperidine rings is 1. The minimum atomic E-state index is 0.122. The van der Waals surface area contributed by atoms with Crippen molar-refractivity contribution in [2.24, 2.45) is 18.7 Å². The lowest BCUT2D eigenvalue weighted by atomic mass is 9.92. The third-order valence-electron chi connectivity index (χ3n) is 4.07. The molecule has 1 fully saturated rings. The van der Waals surface area contributed by atoms with E-state index in [0.29, 0.717) is 0 Å². The van der Waals surface area contributed by atoms with Crippen LogP contribution in [0.15, 0.2) is 0 Å². The van der Waals surface area contributed by atoms with Crippen molar-refractivity contribution in [2.45, 2.75) is 39.5 Å². The van der Waals surface area contributed by atoms with Crippen molar-refractivity contribution >= 4 is 11.7 Å². The van der Waals surface area contributed by atoms with Crippen LogP contribution in [0.1, 0.15) is 43.9 Å². The average Bonchev–Trinajstić information content (AvgIpc) is 2.66. The lowest BCUT2D eigenvalue weighted by Crippen LogP contribution is -2.36. The Kier molecular flexibility index (Phi) is 4.12. The predicted molar refractivity (Wildman–Crippen MR) is 78.8 cm³/mol. The molecular weight excluding hydrogens is 238 g/mol. The normalized spacial score (nSPS) is 16.9. The molecule has 0 atom stereocenters. The first-order valence-electron chi connectivity index (χ1n) is 7.17. The van der Waals surface area contributed by atoms with Crippen LogP contribution in [0.4, 0.5) is 5.82 Å². The number of nitrogens with one attached hydrogen (secondary N) is 1. The molecule has 19 heavy (non-hydrogen) atoms. The smallest absolute Gasteiger partial charge is 0.137 e. The van der Waals surface area contributed by atoms with Gasteiger partial charge in [-0.05, 0) is 25.7 Å². The zero-order valence-electron chi connectivity index (χ0n) is 12.2. The summed E-state index contributed by atoms with van der Waals surface area (Å²) >= 11 is 0. The summed E-state index contributed by atoms with van der Waals surface area (Å²) in [4.78, 5) is 2.34. The van der Waals surface area contributed by atoms with Crippen molar-refractivity contribution in [2.75, 3.05) is 18.0 Å². The van der Waals surface area contributed by atoms with E-state index in [0.717, 1.165) is 36.1 Å². The molecule has 0 aliphatic carbocycles. The summed E-state index contributed by atoms with van der Waals surface area (Å²) in [6.45, 7) is 6.27. The van der Waals surface area contributed by atoms with Crippen molar-refractivity contribution in [3.8, 4) is 0 Å². The topological polar surface area (TPSA) is 70.9 Å². The van der Waals surface area contributed by atoms with Gasteiger partial charge in [0.05, 0.1) is 11.3 Å². The van der Waals surface area contributed by atoms with Crippen molar-refractivity contribution in [1.82, 2.24) is 9.78 Å². The maximum absolute atomic E-state index is 7.75. The summed E-state index contributed by atoms with van der Waals surface area (Å²) < 4.78 is 1.87. The van der Waals surface area contributed by atoms with Crippen molar-refractivity contribution in [3.63, 3.8) is 0 Å². The van der Waals surface area contributed by atoms with E-state index < -0.39 is 0 Å². The van der Waals surface area contributed by atoms with E-state index in [4.69, 9.17) is 11.1 Å². The van der Waals surface area contributed by atoms with Crippen LogP contribution in [-0.2, 0) is 7.05 Å². The van der Waals surface area contributed by atoms with Crippen LogP contribution in [-0.4, -0.2) is 28.7 Å². The standard InChI is InChI=1S/C14H25N5/c1-4-5-11-6-8-19(9-7-11)14-12(13(15)16)10(2)17-18(14)3/h11H,4-9H2,1-3H3,(H3,15,16). The number of nitrogens with two attached hydrogens (primary N) is 1. The predicted octanol–water partition coefficient (Wildman–Crippen LogP) is 2.03. The molecule has 2 heterocycles. The highest BCUT2D eigenvalue weighted by Crippen LogP contribution is 2.29. The zero-order chi connectivity index (χ0) is 14.0. The highest BCUT2D eigenvalue weighted by atomic mass is 15.4. The fourth-order valence-electron chi connectivity index (χ4n) is 3.17. The van der Waals surface area contributed by atoms with E-state index in [9.17, 15) is 0 Å². The molecule has 0 amide bonds. The molecule has 0 unspecified atom stereocenters. The molecule has 106 valence electrons. The van der Waals surface area contributed by atoms with Crippen LogP contribution in [0.25, 0.3) is 0 Å². The third-order valence-corrected chi connectivity index (χ3v) is 4.07. The van der Waals surface area contributed by atoms with E-state index in [1.165, 1.54) is 25.7 Å². The molecule has 5 heteroatoms. The summed E-state index contributed by atoms with van der Waals surface area (Å²) in [6, 6.07) is 0. The molecule has 1 aliphatic rings. The molecule has 0 spiro atoms. The summed E-state index contributed by atoms with van der Waals surface area (Å²) in [6.07, 6.45) is 5.07. The highest BCUT2D eigenvalue weighted by molar-refractivity contribution is 6.00. The highest BCUT2D eigenvalue weighted by Gasteiger charge is 2.25. The first-order chi connectivity index (χ1) is 9.04. The molecule has 0 radical (unpaired) electrons. The van der Waals surface area contributed by atoms with E-state index in [1.54, 1.807) is 0 Å². The van der Waals surface area contributed by atoms with E-state index in [2.05, 4.69) is 16.9 Å². The second-order valence-electron chi connectivity index (χ2n) is 5.54. The minimum absolute atomic E-state index is 0.122. The number of nitrogens with zero attached hydrogens (tertiary/aromatic N) is 3. The second-order valence-corrected chi connectivity index (χ2v) is 5.54. The maximum Gasteiger partial charge on any atom is 0.137 e. The lowest BCUT2D eigenvalue weighted by Gasteiger charge is -2.33. The number of nitrogen functional groups attached to an aromatic ring is 1. The monoisotopic (exact) mass is 263 g/mol. The molecule has 0 bridgehead atoms. The Morgan fingerprint density at radius 1 is 1.42 bits per heavy atom. The summed E-state index contributed by atoms with van der Waals surface area (Å²) in [5.41, 5.74) is 7.36. The largest absolute Gasteiger partial charge is 0.384 e. The van der Waals surface area contributed by atoms with Gasteiger partial charge in [-0.3, -0.25) is 10.1 Å². The fourth-order valence-corrected chi connectivity index (χ4v) is 3.17. The zero-order valence-corrected chi connectivity index (χ0v) is 12.2. The van der Waals surface area contributed by atoms with Crippen LogP contribution in [0.5, 0.6) is 0 Å². The Morgan fingerprint density at radius 2 is 2.05 bits per heavy atom. The quantitative estimate of drug-likeness (QED) is 0.645. The Balaban J connectivity index is 2.17. The van der Waals surface area contributed by atoms with Gasteiger partial charge in [0.1, 0.15) is 11.7 Å². The van der Waals surface area contributed by atoms with Crippen LogP contribution in [0.2, 0.25) is 0 Å². The first-order valence-corrected chi connectivity index (χ1v) is 7.17. The molecule has 0 aromatic carbocycles. The van der Waals surface area contributed by atoms with Crippen molar-refractivity contribution in [1.29, 1.82) is 5.41 Å². The number of aryl methyl sites for hydroxylation is 2. The van der Waals surface area contributed by atoms with Gasteiger partial charge < -0.3 is 10.6 Å². The number of hydrogen-bond donors (Lipinski definition) is 2. The Morgan fingerprint density at radius 3 is 2.58 bits per heavy atom. The summed E-state index contributed by atoms with van der Waals surface area (Å²) in [5, 5.41) is 12.2. The van der Waals surface area contributed by atoms with E-state index in [1.807, 2.05) is 18.7 Å². The molecule has 0 saturated carbocycles. The first kappa shape index (κ1) is 13.9. The van der Waals surface area contributed by atoms with Crippen molar-refractivity contribution in [3.05, 3.63) is 11.3 Å². The Labute approximate surface area is 115 Å². The molecule has 1 aromatic rings. The van der Waals surface area contributed by atoms with Gasteiger partial charge in [0.2, 0.25) is 0 Å². The fraction of sp³-hybridized carbons (Fsp3) is 0.714. The summed E-state index contributed by atoms with van der Waals surface area (Å²) in [5.74, 6) is 1.99. The van der Waals surface area contributed by atoms with Gasteiger partial charge in [-0.2, -0.15) is 5.10 Å². The number of rotatable bonds is 4. The number of amidine groups is 1. The molecular formula is C14H25N5. The van der Waals surface area contributed by atoms with Crippen LogP contribution < -0.4 is 10.6 Å². The Hall–Kier alpha value is -1.52. The lowest BCUT2D eigenvalue weighted by molar-refractivity contribution is 0.375. The van der Waals surface area contributed by atoms with Gasteiger partial charge in [-0.1, -0.05) is 19.8 Å². The average molecular weight is 263 g/mol. The van der Waals surface area contributed by atoms with Gasteiger partial charge in [0.15, 0.2) is 0 Å². The summed E-state index contributed by atoms with van der Waals surface area (Å²) in [7, 11) is 1.94. The maximum atomic E-state index is 7.75. The van der Waals surface area contributed by atoms with Crippen LogP contribution in [0.3, 0.4) is 0 Å². The van der Waals surface area contributed by atoms with Gasteiger partial charge >= 0.3 is 0 Å². The molecule has 5 nitrogen and oxygen atoms in total. The van der Waals surface area contributed by atoms with Crippen LogP contribution >= 0.6 is 0 Å². The van der Waals surface area contributed by atoms with Crippen LogP contribution in [0, 0.1) is 18.3 Å². The molecule has 2 rings (SSSR count). The second kappa shape index (κ2) is 5.63. The molecule has 1 aromatic heterocycles. The van der Waals surface area contributed by atoms with Gasteiger partial charge in [0, 0.05) is 20.1 Å². The van der Waals surface area contributed by atoms with Crippen molar-refractivity contribution < 1.29 is 0 Å². The Bertz CT molecular complexity index is 455. The van der Waals surface area contributed by atoms with Gasteiger partial charge in [0.25, 0.3) is 0 Å². The molecule has 1 saturated heterocycles. The third kappa shape index (κ3) is 2.74. The van der Waals surface area contributed by atoms with E-state index >= 15 is 0 Å².